The fraction of sp³-hybridized carbons (Fsp3) is 0.0323. The van der Waals surface area contributed by atoms with Gasteiger partial charge in [0.25, 0.3) is 6.71 Å². The summed E-state index contributed by atoms with van der Waals surface area (Å²) in [6, 6.07) is 88.1. The van der Waals surface area contributed by atoms with Crippen molar-refractivity contribution in [3.8, 4) is 11.5 Å². The highest BCUT2D eigenvalue weighted by molar-refractivity contribution is 7.00. The van der Waals surface area contributed by atoms with Gasteiger partial charge in [0.1, 0.15) is 11.5 Å². The van der Waals surface area contributed by atoms with Crippen molar-refractivity contribution in [1.29, 1.82) is 0 Å². The highest BCUT2D eigenvalue weighted by atomic mass is 35.5. The Morgan fingerprint density at radius 2 is 0.657 bits per heavy atom. The van der Waals surface area contributed by atoms with Gasteiger partial charge in [0.2, 0.25) is 0 Å². The molecule has 0 aromatic heterocycles. The van der Waals surface area contributed by atoms with Crippen LogP contribution >= 0.6 is 11.6 Å². The zero-order valence-electron chi connectivity index (χ0n) is 38.8. The van der Waals surface area contributed by atoms with E-state index in [1.807, 2.05) is 84.9 Å². The molecule has 2 aliphatic rings. The average molecular weight is 927 g/mol. The number of rotatable bonds is 10. The summed E-state index contributed by atoms with van der Waals surface area (Å²) in [6.45, 7) is 0.137. The second-order valence-electron chi connectivity index (χ2n) is 17.0. The first-order valence-electron chi connectivity index (χ1n) is 23.4. The summed E-state index contributed by atoms with van der Waals surface area (Å²) in [5, 5.41) is 0.617. The molecule has 0 N–H and O–H groups in total. The third kappa shape index (κ3) is 8.16. The van der Waals surface area contributed by atoms with E-state index in [1.165, 1.54) is 27.8 Å². The fourth-order valence-corrected chi connectivity index (χ4v) is 10.2. The van der Waals surface area contributed by atoms with Gasteiger partial charge < -0.3 is 29.1 Å². The lowest BCUT2D eigenvalue weighted by molar-refractivity contribution is 0.415. The van der Waals surface area contributed by atoms with Crippen LogP contribution in [-0.2, 0) is 0 Å². The summed E-state index contributed by atoms with van der Waals surface area (Å²) in [5.41, 5.74) is 16.6. The number of benzene rings is 10. The van der Waals surface area contributed by atoms with Crippen LogP contribution in [0, 0.1) is 0 Å². The molecule has 2 heterocycles. The summed E-state index contributed by atoms with van der Waals surface area (Å²) >= 11 is 7.29. The van der Waals surface area contributed by atoms with Gasteiger partial charge >= 0.3 is 0 Å². The maximum atomic E-state index is 7.29. The first-order chi connectivity index (χ1) is 34.6. The molecule has 2 aliphatic heterocycles. The minimum atomic E-state index is 0.137. The third-order valence-corrected chi connectivity index (χ3v) is 13.3. The molecule has 10 aromatic carbocycles. The molecule has 6 nitrogen and oxygen atoms in total. The molecule has 0 saturated carbocycles. The van der Waals surface area contributed by atoms with Crippen LogP contribution in [0.5, 0.6) is 11.5 Å². The second-order valence-corrected chi connectivity index (χ2v) is 17.3. The monoisotopic (exact) mass is 926 g/mol. The van der Waals surface area contributed by atoms with E-state index in [4.69, 9.17) is 21.1 Å². The van der Waals surface area contributed by atoms with Crippen molar-refractivity contribution in [2.24, 2.45) is 0 Å². The van der Waals surface area contributed by atoms with Gasteiger partial charge in [-0.2, -0.15) is 0 Å². The molecule has 0 bridgehead atoms. The van der Waals surface area contributed by atoms with Crippen molar-refractivity contribution in [3.63, 3.8) is 0 Å². The van der Waals surface area contributed by atoms with E-state index in [0.717, 1.165) is 62.6 Å². The lowest BCUT2D eigenvalue weighted by atomic mass is 9.33. The van der Waals surface area contributed by atoms with Crippen molar-refractivity contribution >= 4 is 103 Å². The minimum Gasteiger partial charge on any atom is -0.497 e. The molecule has 0 fully saturated rings. The highest BCUT2D eigenvalue weighted by Crippen LogP contribution is 2.49. The molecule has 8 heteroatoms. The lowest BCUT2D eigenvalue weighted by Crippen LogP contribution is -2.61. The number of hydrogen-bond acceptors (Lipinski definition) is 6. The number of methoxy groups -OCH3 is 2. The molecule has 0 atom stereocenters. The van der Waals surface area contributed by atoms with Crippen LogP contribution in [-0.4, -0.2) is 20.9 Å². The van der Waals surface area contributed by atoms with Gasteiger partial charge in [0.15, 0.2) is 0 Å². The molecule has 0 radical (unpaired) electrons. The number of para-hydroxylation sites is 8. The van der Waals surface area contributed by atoms with Gasteiger partial charge in [-0.3, -0.25) is 0 Å². The normalized spacial score (nSPS) is 11.8. The first-order valence-corrected chi connectivity index (χ1v) is 23.8. The van der Waals surface area contributed by atoms with E-state index in [9.17, 15) is 0 Å². The predicted molar refractivity (Wildman–Crippen MR) is 294 cm³/mol. The van der Waals surface area contributed by atoms with Crippen LogP contribution in [0.2, 0.25) is 5.02 Å². The smallest absolute Gasteiger partial charge is 0.252 e. The van der Waals surface area contributed by atoms with Crippen molar-refractivity contribution in [1.82, 2.24) is 0 Å². The SMILES string of the molecule is COc1cc(N(c2ccccc2)c2ccccc2)c(Cl)c(N(c2ccccc2)c2ccccc2)c1.COc1cc2c3c(c1)N(c1ccccc1)c1ccccc1B3c1ccccc1N2c1ccccc1. The van der Waals surface area contributed by atoms with Crippen molar-refractivity contribution < 1.29 is 9.47 Å². The summed E-state index contributed by atoms with van der Waals surface area (Å²) in [6.07, 6.45) is 0. The maximum Gasteiger partial charge on any atom is 0.252 e. The van der Waals surface area contributed by atoms with Crippen LogP contribution in [0.4, 0.5) is 68.2 Å². The third-order valence-electron chi connectivity index (χ3n) is 12.9. The molecular formula is C62H48BClN4O2. The largest absolute Gasteiger partial charge is 0.497 e. The molecule has 338 valence electrons. The Bertz CT molecular complexity index is 3090. The predicted octanol–water partition coefficient (Wildman–Crippen LogP) is 15.1. The van der Waals surface area contributed by atoms with Crippen molar-refractivity contribution in [2.45, 2.75) is 0 Å². The molecule has 0 unspecified atom stereocenters. The topological polar surface area (TPSA) is 31.4 Å². The Morgan fingerprint density at radius 3 is 1.00 bits per heavy atom. The van der Waals surface area contributed by atoms with Gasteiger partial charge in [-0.05, 0) is 101 Å². The van der Waals surface area contributed by atoms with Gasteiger partial charge in [0, 0.05) is 81.1 Å². The number of nitrogens with zero attached hydrogens (tertiary/aromatic N) is 4. The van der Waals surface area contributed by atoms with Crippen LogP contribution < -0.4 is 45.5 Å². The Labute approximate surface area is 415 Å². The van der Waals surface area contributed by atoms with Crippen molar-refractivity contribution in [3.05, 3.63) is 260 Å². The summed E-state index contributed by atoms with van der Waals surface area (Å²) in [4.78, 5) is 9.07. The summed E-state index contributed by atoms with van der Waals surface area (Å²) in [7, 11) is 3.43. The lowest BCUT2D eigenvalue weighted by Gasteiger charge is -2.44. The fourth-order valence-electron chi connectivity index (χ4n) is 9.88. The summed E-state index contributed by atoms with van der Waals surface area (Å²) < 4.78 is 11.7. The van der Waals surface area contributed by atoms with Gasteiger partial charge in [0.05, 0.1) is 30.6 Å². The summed E-state index contributed by atoms with van der Waals surface area (Å²) in [5.74, 6) is 1.56. The van der Waals surface area contributed by atoms with E-state index >= 15 is 0 Å². The van der Waals surface area contributed by atoms with E-state index in [1.54, 1.807) is 14.2 Å². The average Bonchev–Trinajstić information content (AvgIpc) is 3.43. The minimum absolute atomic E-state index is 0.137. The molecule has 12 rings (SSSR count). The molecule has 0 saturated heterocycles. The number of halogens is 1. The quantitative estimate of drug-likeness (QED) is 0.127. The second kappa shape index (κ2) is 19.5. The molecule has 70 heavy (non-hydrogen) atoms. The van der Waals surface area contributed by atoms with Crippen LogP contribution in [0.25, 0.3) is 0 Å². The maximum absolute atomic E-state index is 7.29. The van der Waals surface area contributed by atoms with Crippen LogP contribution in [0.1, 0.15) is 0 Å². The Kier molecular flexibility index (Phi) is 12.2. The van der Waals surface area contributed by atoms with Crippen LogP contribution in [0.15, 0.2) is 255 Å². The first kappa shape index (κ1) is 43.9. The van der Waals surface area contributed by atoms with Gasteiger partial charge in [-0.25, -0.2) is 0 Å². The zero-order valence-corrected chi connectivity index (χ0v) is 39.6. The number of hydrogen-bond donors (Lipinski definition) is 0. The van der Waals surface area contributed by atoms with Crippen molar-refractivity contribution in [2.75, 3.05) is 33.8 Å². The molecule has 0 aliphatic carbocycles. The number of fused-ring (bicyclic) bond motifs is 4. The number of anilines is 12. The molecular weight excluding hydrogens is 879 g/mol. The zero-order chi connectivity index (χ0) is 47.4. The van der Waals surface area contributed by atoms with E-state index in [2.05, 4.69) is 189 Å². The number of ether oxygens (including phenoxy) is 2. The van der Waals surface area contributed by atoms with E-state index in [0.29, 0.717) is 10.8 Å². The standard InChI is InChI=1S/C31H23BN2O.C31H25ClN2O/c1-35-24-20-29-31-30(21-24)34(23-14-6-3-7-15-23)28-19-11-9-17-26(28)32(31)25-16-8-10-18-27(25)33(29)22-12-4-2-5-13-22;1-35-28-22-29(33(24-14-6-2-7-15-24)25-16-8-3-9-17-25)31(32)30(23-28)34(26-18-10-4-11-19-26)27-20-12-5-13-21-27/h2-21H,1H3;2-23H,1H3. The van der Waals surface area contributed by atoms with Crippen LogP contribution in [0.3, 0.4) is 0 Å². The Balaban J connectivity index is 0.000000152. The molecule has 0 amide bonds. The molecule has 0 spiro atoms. The van der Waals surface area contributed by atoms with Gasteiger partial charge in [-0.1, -0.05) is 157 Å². The Hall–Kier alpha value is -8.65. The van der Waals surface area contributed by atoms with E-state index in [-0.39, 0.29) is 6.71 Å². The van der Waals surface area contributed by atoms with E-state index < -0.39 is 0 Å². The highest BCUT2D eigenvalue weighted by Gasteiger charge is 2.43. The van der Waals surface area contributed by atoms with Gasteiger partial charge in [-0.15, -0.1) is 0 Å². The molecule has 10 aromatic rings. The Morgan fingerprint density at radius 1 is 0.357 bits per heavy atom.